The standard InChI is InChI=1S/C22H31Si2.Li/c1-7-12-20-18-24(5,6)22(21(20)13-8-2)23(3,4)17-16-19-14-10-9-11-15-19;/h9-11,14-15H,7-8,12-13H2,1-6H3;/q-1;+1. The van der Waals surface area contributed by atoms with Gasteiger partial charge >= 0.3 is 18.9 Å². The van der Waals surface area contributed by atoms with E-state index >= 15 is 0 Å². The molecule has 1 aromatic carbocycles. The van der Waals surface area contributed by atoms with Crippen LogP contribution >= 0.6 is 0 Å². The fourth-order valence-electron chi connectivity index (χ4n) is 4.00. The van der Waals surface area contributed by atoms with Crippen molar-refractivity contribution in [2.75, 3.05) is 0 Å². The van der Waals surface area contributed by atoms with E-state index in [9.17, 15) is 0 Å². The molecule has 3 heteroatoms. The van der Waals surface area contributed by atoms with E-state index in [4.69, 9.17) is 0 Å². The van der Waals surface area contributed by atoms with Crippen LogP contribution in [0.4, 0.5) is 0 Å². The first-order valence-corrected chi connectivity index (χ1v) is 15.3. The summed E-state index contributed by atoms with van der Waals surface area (Å²) >= 11 is 0. The molecule has 0 bridgehead atoms. The summed E-state index contributed by atoms with van der Waals surface area (Å²) in [5.41, 5.74) is 12.0. The van der Waals surface area contributed by atoms with Gasteiger partial charge in [0, 0.05) is 5.56 Å². The second-order valence-electron chi connectivity index (χ2n) is 7.82. The Hall–Kier alpha value is -0.709. The minimum atomic E-state index is -1.76. The summed E-state index contributed by atoms with van der Waals surface area (Å²) in [6.45, 7) is 14.4. The molecule has 1 heterocycles. The van der Waals surface area contributed by atoms with Crippen LogP contribution in [0.25, 0.3) is 0 Å². The number of rotatable bonds is 5. The molecule has 0 N–H and O–H groups in total. The van der Waals surface area contributed by atoms with Gasteiger partial charge in [0.2, 0.25) is 0 Å². The van der Waals surface area contributed by atoms with Gasteiger partial charge in [-0.1, -0.05) is 89.8 Å². The topological polar surface area (TPSA) is 0 Å². The maximum absolute atomic E-state index is 3.97. The van der Waals surface area contributed by atoms with E-state index in [0.717, 1.165) is 5.56 Å². The van der Waals surface area contributed by atoms with Crippen molar-refractivity contribution in [2.24, 2.45) is 0 Å². The van der Waals surface area contributed by atoms with Gasteiger partial charge < -0.3 is 0 Å². The van der Waals surface area contributed by atoms with Crippen molar-refractivity contribution in [2.45, 2.75) is 65.7 Å². The van der Waals surface area contributed by atoms with Crippen LogP contribution in [-0.2, 0) is 0 Å². The van der Waals surface area contributed by atoms with E-state index in [1.165, 1.54) is 31.3 Å². The number of hydrogen-bond donors (Lipinski definition) is 0. The minimum Gasteiger partial charge on any atom is -0.273 e. The minimum absolute atomic E-state index is 0. The van der Waals surface area contributed by atoms with Crippen molar-refractivity contribution in [3.05, 3.63) is 57.6 Å². The maximum Gasteiger partial charge on any atom is 1.00 e. The molecule has 0 unspecified atom stereocenters. The van der Waals surface area contributed by atoms with E-state index in [-0.39, 0.29) is 18.9 Å². The van der Waals surface area contributed by atoms with E-state index < -0.39 is 16.1 Å². The predicted octanol–water partition coefficient (Wildman–Crippen LogP) is 3.26. The van der Waals surface area contributed by atoms with Gasteiger partial charge in [-0.2, -0.15) is 4.82 Å². The Morgan fingerprint density at radius 2 is 1.60 bits per heavy atom. The summed E-state index contributed by atoms with van der Waals surface area (Å²) in [5.74, 6) is 3.47. The van der Waals surface area contributed by atoms with Gasteiger partial charge in [-0.3, -0.25) is 5.70 Å². The molecule has 0 atom stereocenters. The first-order valence-electron chi connectivity index (χ1n) is 9.28. The monoisotopic (exact) mass is 358 g/mol. The molecule has 0 amide bonds. The van der Waals surface area contributed by atoms with Gasteiger partial charge in [0.15, 0.2) is 0 Å². The molecule has 128 valence electrons. The first-order chi connectivity index (χ1) is 11.3. The smallest absolute Gasteiger partial charge is 0.273 e. The average molecular weight is 359 g/mol. The Balaban J connectivity index is 0.00000312. The molecule has 0 nitrogen and oxygen atoms in total. The predicted molar refractivity (Wildman–Crippen MR) is 112 cm³/mol. The van der Waals surface area contributed by atoms with Crippen molar-refractivity contribution < 1.29 is 18.9 Å². The molecule has 2 rings (SSSR count). The summed E-state index contributed by atoms with van der Waals surface area (Å²) in [6, 6.07) is 10.4. The Morgan fingerprint density at radius 1 is 1.00 bits per heavy atom. The van der Waals surface area contributed by atoms with Gasteiger partial charge in [-0.15, -0.1) is 5.54 Å². The van der Waals surface area contributed by atoms with Crippen LogP contribution in [0.1, 0.15) is 45.1 Å². The zero-order valence-corrected chi connectivity index (χ0v) is 19.2. The van der Waals surface area contributed by atoms with Crippen LogP contribution in [0.3, 0.4) is 0 Å². The van der Waals surface area contributed by atoms with Crippen LogP contribution in [0.15, 0.2) is 46.3 Å². The second-order valence-corrected chi connectivity index (χ2v) is 16.3. The normalized spacial score (nSPS) is 16.0. The Bertz CT molecular complexity index is 701. The zero-order valence-electron chi connectivity index (χ0n) is 17.2. The number of hydrogen-bond acceptors (Lipinski definition) is 0. The zero-order chi connectivity index (χ0) is 17.8. The third kappa shape index (κ3) is 5.38. The molecule has 0 aliphatic carbocycles. The summed E-state index contributed by atoms with van der Waals surface area (Å²) in [6.07, 6.45) is 4.82. The SMILES string of the molecule is CCCC1=[C-][Si](C)(C)C([Si](C)(C)C#Cc2ccccc2)=C1CCC.[Li+]. The summed E-state index contributed by atoms with van der Waals surface area (Å²) in [5, 5.41) is 0. The molecule has 0 radical (unpaired) electrons. The second kappa shape index (κ2) is 9.29. The van der Waals surface area contributed by atoms with Gasteiger partial charge in [0.05, 0.1) is 0 Å². The van der Waals surface area contributed by atoms with Crippen LogP contribution in [0.5, 0.6) is 0 Å². The molecular weight excluding hydrogens is 327 g/mol. The first kappa shape index (κ1) is 22.3. The molecule has 0 fully saturated rings. The van der Waals surface area contributed by atoms with Crippen molar-refractivity contribution in [3.63, 3.8) is 0 Å². The van der Waals surface area contributed by atoms with Crippen molar-refractivity contribution >= 4 is 16.1 Å². The van der Waals surface area contributed by atoms with Crippen LogP contribution in [0.2, 0.25) is 26.2 Å². The molecule has 25 heavy (non-hydrogen) atoms. The van der Waals surface area contributed by atoms with E-state index in [0.29, 0.717) is 0 Å². The summed E-state index contributed by atoms with van der Waals surface area (Å²) < 4.78 is 0. The largest absolute Gasteiger partial charge is 1.00 e. The van der Waals surface area contributed by atoms with Gasteiger partial charge in [-0.25, -0.2) is 11.1 Å². The number of benzene rings is 1. The molecule has 0 spiro atoms. The molecule has 0 aromatic heterocycles. The van der Waals surface area contributed by atoms with Crippen LogP contribution < -0.4 is 18.9 Å². The Labute approximate surface area is 169 Å². The molecular formula is C22H31LiSi2. The summed E-state index contributed by atoms with van der Waals surface area (Å²) in [4.78, 5) is 1.75. The molecule has 0 saturated carbocycles. The van der Waals surface area contributed by atoms with Crippen molar-refractivity contribution in [1.29, 1.82) is 0 Å². The van der Waals surface area contributed by atoms with Gasteiger partial charge in [0.25, 0.3) is 0 Å². The average Bonchev–Trinajstić information content (AvgIpc) is 2.78. The van der Waals surface area contributed by atoms with Crippen LogP contribution in [-0.4, -0.2) is 16.1 Å². The van der Waals surface area contributed by atoms with E-state index in [2.05, 4.69) is 87.5 Å². The maximum atomic E-state index is 3.97. The number of allylic oxidation sites excluding steroid dienone is 2. The molecule has 1 aromatic rings. The fraction of sp³-hybridized carbons (Fsp3) is 0.455. The fourth-order valence-corrected chi connectivity index (χ4v) is 14.4. The third-order valence-corrected chi connectivity index (χ3v) is 13.2. The third-order valence-electron chi connectivity index (χ3n) is 4.67. The van der Waals surface area contributed by atoms with Gasteiger partial charge in [0.1, 0.15) is 8.07 Å². The van der Waals surface area contributed by atoms with Gasteiger partial charge in [-0.05, 0) is 20.2 Å². The Kier molecular flexibility index (Phi) is 8.30. The molecule has 1 aliphatic rings. The summed E-state index contributed by atoms with van der Waals surface area (Å²) in [7, 11) is -3.35. The van der Waals surface area contributed by atoms with Crippen molar-refractivity contribution in [3.8, 4) is 11.5 Å². The Morgan fingerprint density at radius 3 is 2.16 bits per heavy atom. The molecule has 1 aliphatic heterocycles. The molecule has 0 saturated heterocycles. The van der Waals surface area contributed by atoms with Crippen molar-refractivity contribution in [1.82, 2.24) is 0 Å². The van der Waals surface area contributed by atoms with Crippen LogP contribution in [0, 0.1) is 17.2 Å². The van der Waals surface area contributed by atoms with E-state index in [1.54, 1.807) is 10.4 Å². The quantitative estimate of drug-likeness (QED) is 0.431. The van der Waals surface area contributed by atoms with E-state index in [1.807, 2.05) is 0 Å².